The van der Waals surface area contributed by atoms with Gasteiger partial charge in [-0.1, -0.05) is 17.7 Å². The van der Waals surface area contributed by atoms with Crippen molar-refractivity contribution in [3.63, 3.8) is 0 Å². The first-order valence-corrected chi connectivity index (χ1v) is 9.78. The first-order chi connectivity index (χ1) is 11.8. The van der Waals surface area contributed by atoms with E-state index in [9.17, 15) is 8.42 Å². The van der Waals surface area contributed by atoms with E-state index < -0.39 is 10.0 Å². The van der Waals surface area contributed by atoms with Crippen LogP contribution in [0.2, 0.25) is 5.02 Å². The van der Waals surface area contributed by atoms with Gasteiger partial charge in [-0.05, 0) is 38.5 Å². The molecule has 1 aromatic heterocycles. The van der Waals surface area contributed by atoms with E-state index in [-0.39, 0.29) is 11.4 Å². The quantitative estimate of drug-likeness (QED) is 0.606. The second-order valence-electron chi connectivity index (χ2n) is 5.44. The Bertz CT molecular complexity index is 842. The van der Waals surface area contributed by atoms with Crippen LogP contribution >= 0.6 is 11.6 Å². The highest BCUT2D eigenvalue weighted by atomic mass is 35.5. The van der Waals surface area contributed by atoms with Gasteiger partial charge in [-0.15, -0.1) is 0 Å². The van der Waals surface area contributed by atoms with Crippen LogP contribution in [0.15, 0.2) is 29.2 Å². The van der Waals surface area contributed by atoms with Crippen molar-refractivity contribution < 1.29 is 8.42 Å². The van der Waals surface area contributed by atoms with Gasteiger partial charge < -0.3 is 10.6 Å². The molecule has 0 aliphatic carbocycles. The molecular weight excluding hydrogens is 362 g/mol. The van der Waals surface area contributed by atoms with Gasteiger partial charge in [0.1, 0.15) is 5.82 Å². The summed E-state index contributed by atoms with van der Waals surface area (Å²) in [6, 6.07) is 6.62. The molecule has 0 saturated heterocycles. The van der Waals surface area contributed by atoms with Gasteiger partial charge in [-0.25, -0.2) is 18.1 Å². The maximum atomic E-state index is 12.4. The summed E-state index contributed by atoms with van der Waals surface area (Å²) < 4.78 is 27.3. The minimum Gasteiger partial charge on any atom is -0.369 e. The molecule has 2 rings (SSSR count). The average Bonchev–Trinajstić information content (AvgIpc) is 2.54. The zero-order valence-corrected chi connectivity index (χ0v) is 16.0. The van der Waals surface area contributed by atoms with Crippen LogP contribution in [0.1, 0.15) is 18.2 Å². The summed E-state index contributed by atoms with van der Waals surface area (Å²) in [6.45, 7) is 6.85. The smallest absolute Gasteiger partial charge is 0.240 e. The van der Waals surface area contributed by atoms with Gasteiger partial charge >= 0.3 is 0 Å². The van der Waals surface area contributed by atoms with E-state index in [1.807, 2.05) is 13.8 Å². The standard InChI is InChI=1S/C16H22ClN5O2S/c1-4-18-16-21-11(2)10-15(22-16)19-8-9-20-25(23,24)14-7-5-6-13(17)12(14)3/h5-7,10,20H,4,8-9H2,1-3H3,(H2,18,19,21,22). The second kappa shape index (κ2) is 8.46. The molecule has 0 aliphatic rings. The number of benzene rings is 1. The Kier molecular flexibility index (Phi) is 6.57. The molecule has 136 valence electrons. The summed E-state index contributed by atoms with van der Waals surface area (Å²) in [5, 5.41) is 6.56. The monoisotopic (exact) mass is 383 g/mol. The first kappa shape index (κ1) is 19.4. The Morgan fingerprint density at radius 1 is 1.12 bits per heavy atom. The van der Waals surface area contributed by atoms with Gasteiger partial charge in [-0.3, -0.25) is 0 Å². The Morgan fingerprint density at radius 2 is 1.88 bits per heavy atom. The lowest BCUT2D eigenvalue weighted by Gasteiger charge is -2.12. The molecule has 0 saturated carbocycles. The molecule has 3 N–H and O–H groups in total. The second-order valence-corrected chi connectivity index (χ2v) is 7.58. The molecular formula is C16H22ClN5O2S. The summed E-state index contributed by atoms with van der Waals surface area (Å²) >= 11 is 5.99. The van der Waals surface area contributed by atoms with Gasteiger partial charge in [0.15, 0.2) is 0 Å². The summed E-state index contributed by atoms with van der Waals surface area (Å²) in [6.07, 6.45) is 0. The summed E-state index contributed by atoms with van der Waals surface area (Å²) in [5.74, 6) is 1.18. The molecule has 25 heavy (non-hydrogen) atoms. The highest BCUT2D eigenvalue weighted by Crippen LogP contribution is 2.22. The Labute approximate surface area is 153 Å². The molecule has 9 heteroatoms. The fraction of sp³-hybridized carbons (Fsp3) is 0.375. The maximum absolute atomic E-state index is 12.4. The molecule has 0 radical (unpaired) electrons. The van der Waals surface area contributed by atoms with Crippen LogP contribution in [0.25, 0.3) is 0 Å². The fourth-order valence-electron chi connectivity index (χ4n) is 2.23. The SMILES string of the molecule is CCNc1nc(C)cc(NCCNS(=O)(=O)c2cccc(Cl)c2C)n1. The molecule has 0 fully saturated rings. The number of aromatic nitrogens is 2. The lowest BCUT2D eigenvalue weighted by atomic mass is 10.2. The van der Waals surface area contributed by atoms with Crippen molar-refractivity contribution in [3.8, 4) is 0 Å². The maximum Gasteiger partial charge on any atom is 0.240 e. The van der Waals surface area contributed by atoms with Crippen molar-refractivity contribution in [3.05, 3.63) is 40.5 Å². The largest absolute Gasteiger partial charge is 0.369 e. The summed E-state index contributed by atoms with van der Waals surface area (Å²) in [7, 11) is -3.61. The van der Waals surface area contributed by atoms with E-state index in [4.69, 9.17) is 11.6 Å². The van der Waals surface area contributed by atoms with Crippen molar-refractivity contribution >= 4 is 33.4 Å². The molecule has 2 aromatic rings. The molecule has 0 unspecified atom stereocenters. The Morgan fingerprint density at radius 3 is 2.60 bits per heavy atom. The number of halogens is 1. The van der Waals surface area contributed by atoms with Crippen LogP contribution < -0.4 is 15.4 Å². The van der Waals surface area contributed by atoms with Crippen molar-refractivity contribution in [2.24, 2.45) is 0 Å². The van der Waals surface area contributed by atoms with Crippen molar-refractivity contribution in [1.82, 2.24) is 14.7 Å². The van der Waals surface area contributed by atoms with E-state index in [1.165, 1.54) is 6.07 Å². The van der Waals surface area contributed by atoms with Gasteiger partial charge in [-0.2, -0.15) is 4.98 Å². The molecule has 7 nitrogen and oxygen atoms in total. The number of rotatable bonds is 8. The van der Waals surface area contributed by atoms with Gasteiger partial charge in [0.25, 0.3) is 0 Å². The highest BCUT2D eigenvalue weighted by Gasteiger charge is 2.17. The number of hydrogen-bond donors (Lipinski definition) is 3. The van der Waals surface area contributed by atoms with E-state index in [0.29, 0.717) is 28.9 Å². The normalized spacial score (nSPS) is 11.4. The third kappa shape index (κ3) is 5.29. The molecule has 0 atom stereocenters. The number of hydrogen-bond acceptors (Lipinski definition) is 6. The number of nitrogens with one attached hydrogen (secondary N) is 3. The zero-order valence-electron chi connectivity index (χ0n) is 14.4. The summed E-state index contributed by atoms with van der Waals surface area (Å²) in [5.41, 5.74) is 1.36. The van der Waals surface area contributed by atoms with Gasteiger partial charge in [0, 0.05) is 36.4 Å². The van der Waals surface area contributed by atoms with Gasteiger partial charge in [0.2, 0.25) is 16.0 Å². The highest BCUT2D eigenvalue weighted by molar-refractivity contribution is 7.89. The molecule has 0 bridgehead atoms. The van der Waals surface area contributed by atoms with Crippen LogP contribution in [0, 0.1) is 13.8 Å². The third-order valence-corrected chi connectivity index (χ3v) is 5.43. The number of nitrogens with zero attached hydrogens (tertiary/aromatic N) is 2. The lowest BCUT2D eigenvalue weighted by Crippen LogP contribution is -2.29. The predicted octanol–water partition coefficient (Wildman–Crippen LogP) is 2.57. The van der Waals surface area contributed by atoms with E-state index >= 15 is 0 Å². The molecule has 0 amide bonds. The topological polar surface area (TPSA) is 96.0 Å². The van der Waals surface area contributed by atoms with Gasteiger partial charge in [0.05, 0.1) is 4.90 Å². The van der Waals surface area contributed by atoms with Crippen LogP contribution in [-0.4, -0.2) is 38.0 Å². The average molecular weight is 384 g/mol. The van der Waals surface area contributed by atoms with Crippen LogP contribution in [0.5, 0.6) is 0 Å². The van der Waals surface area contributed by atoms with Crippen molar-refractivity contribution in [1.29, 1.82) is 0 Å². The van der Waals surface area contributed by atoms with E-state index in [0.717, 1.165) is 12.2 Å². The number of anilines is 2. The fourth-order valence-corrected chi connectivity index (χ4v) is 3.76. The number of sulfonamides is 1. The minimum absolute atomic E-state index is 0.187. The molecule has 0 aliphatic heterocycles. The van der Waals surface area contributed by atoms with Crippen LogP contribution in [0.4, 0.5) is 11.8 Å². The van der Waals surface area contributed by atoms with Crippen molar-refractivity contribution in [2.45, 2.75) is 25.7 Å². The number of aryl methyl sites for hydroxylation is 1. The minimum atomic E-state index is -3.61. The summed E-state index contributed by atoms with van der Waals surface area (Å²) in [4.78, 5) is 8.76. The molecule has 1 heterocycles. The zero-order chi connectivity index (χ0) is 18.4. The molecule has 1 aromatic carbocycles. The van der Waals surface area contributed by atoms with Crippen molar-refractivity contribution in [2.75, 3.05) is 30.3 Å². The van der Waals surface area contributed by atoms with Crippen LogP contribution in [-0.2, 0) is 10.0 Å². The third-order valence-electron chi connectivity index (χ3n) is 3.42. The lowest BCUT2D eigenvalue weighted by molar-refractivity contribution is 0.582. The van der Waals surface area contributed by atoms with Crippen LogP contribution in [0.3, 0.4) is 0 Å². The van der Waals surface area contributed by atoms with E-state index in [2.05, 4.69) is 25.3 Å². The Balaban J connectivity index is 1.96. The first-order valence-electron chi connectivity index (χ1n) is 7.91. The molecule has 0 spiro atoms. The Hall–Kier alpha value is -1.90. The predicted molar refractivity (Wildman–Crippen MR) is 101 cm³/mol. The van der Waals surface area contributed by atoms with E-state index in [1.54, 1.807) is 25.1 Å².